The molecule has 0 saturated carbocycles. The molecule has 0 unspecified atom stereocenters. The van der Waals surface area contributed by atoms with Crippen LogP contribution in [0.2, 0.25) is 0 Å². The number of hydrogen-bond acceptors (Lipinski definition) is 3. The number of carbonyl (C=O) groups is 1. The van der Waals surface area contributed by atoms with E-state index in [-0.39, 0.29) is 12.4 Å². The molecule has 0 aliphatic carbocycles. The molecular formula is C10H9ClN2OS. The second kappa shape index (κ2) is 4.91. The Morgan fingerprint density at radius 3 is 2.60 bits per heavy atom. The minimum absolute atomic E-state index is 0. The molecule has 2 rings (SSSR count). The Morgan fingerprint density at radius 2 is 2.13 bits per heavy atom. The summed E-state index contributed by atoms with van der Waals surface area (Å²) in [6, 6.07) is 7.43. The summed E-state index contributed by atoms with van der Waals surface area (Å²) < 4.78 is 0. The first kappa shape index (κ1) is 11.7. The zero-order chi connectivity index (χ0) is 9.97. The lowest BCUT2D eigenvalue weighted by Gasteiger charge is -1.97. The molecule has 1 amide bonds. The van der Waals surface area contributed by atoms with E-state index in [1.807, 2.05) is 17.5 Å². The van der Waals surface area contributed by atoms with Gasteiger partial charge in [0.2, 0.25) is 5.91 Å². The molecule has 78 valence electrons. The maximum Gasteiger partial charge on any atom is 0.250 e. The van der Waals surface area contributed by atoms with Gasteiger partial charge >= 0.3 is 0 Å². The summed E-state index contributed by atoms with van der Waals surface area (Å²) in [6.07, 6.45) is 1.50. The molecule has 0 saturated heterocycles. The third-order valence-electron chi connectivity index (χ3n) is 1.82. The lowest BCUT2D eigenvalue weighted by atomic mass is 10.2. The van der Waals surface area contributed by atoms with Crippen LogP contribution in [0, 0.1) is 0 Å². The Morgan fingerprint density at radius 1 is 1.33 bits per heavy atom. The number of aromatic nitrogens is 1. The highest BCUT2D eigenvalue weighted by Gasteiger charge is 2.02. The van der Waals surface area contributed by atoms with Crippen molar-refractivity contribution in [1.82, 2.24) is 4.98 Å². The van der Waals surface area contributed by atoms with Crippen LogP contribution in [0.4, 0.5) is 0 Å². The molecule has 15 heavy (non-hydrogen) atoms. The molecule has 2 heterocycles. The second-order valence-electron chi connectivity index (χ2n) is 2.77. The highest BCUT2D eigenvalue weighted by molar-refractivity contribution is 7.13. The van der Waals surface area contributed by atoms with Gasteiger partial charge < -0.3 is 5.73 Å². The quantitative estimate of drug-likeness (QED) is 0.876. The zero-order valence-electron chi connectivity index (χ0n) is 7.71. The van der Waals surface area contributed by atoms with Gasteiger partial charge in [0.25, 0.3) is 0 Å². The molecule has 0 aliphatic heterocycles. The van der Waals surface area contributed by atoms with Crippen molar-refractivity contribution >= 4 is 29.7 Å². The average molecular weight is 241 g/mol. The number of rotatable bonds is 2. The summed E-state index contributed by atoms with van der Waals surface area (Å²) in [5, 5.41) is 1.99. The van der Waals surface area contributed by atoms with Crippen molar-refractivity contribution in [2.45, 2.75) is 0 Å². The number of hydrogen-bond donors (Lipinski definition) is 1. The standard InChI is InChI=1S/C10H8N2OS.ClH/c11-10(13)7-3-4-8(12-6-7)9-2-1-5-14-9;/h1-6H,(H2,11,13);1H. The molecule has 0 radical (unpaired) electrons. The van der Waals surface area contributed by atoms with Gasteiger partial charge in [-0.25, -0.2) is 0 Å². The third-order valence-corrected chi connectivity index (χ3v) is 2.71. The van der Waals surface area contributed by atoms with Crippen molar-refractivity contribution in [1.29, 1.82) is 0 Å². The summed E-state index contributed by atoms with van der Waals surface area (Å²) in [6.45, 7) is 0. The fraction of sp³-hybridized carbons (Fsp3) is 0. The predicted molar refractivity (Wildman–Crippen MR) is 63.3 cm³/mol. The lowest BCUT2D eigenvalue weighted by Crippen LogP contribution is -2.10. The Kier molecular flexibility index (Phi) is 3.82. The van der Waals surface area contributed by atoms with Crippen LogP contribution in [-0.4, -0.2) is 10.9 Å². The van der Waals surface area contributed by atoms with Crippen LogP contribution in [0.15, 0.2) is 35.8 Å². The number of nitrogens with two attached hydrogens (primary N) is 1. The summed E-state index contributed by atoms with van der Waals surface area (Å²) in [5.74, 6) is -0.449. The first-order valence-electron chi connectivity index (χ1n) is 4.07. The molecule has 0 bridgehead atoms. The minimum atomic E-state index is -0.449. The third kappa shape index (κ3) is 2.55. The van der Waals surface area contributed by atoms with E-state index in [2.05, 4.69) is 4.98 Å². The number of halogens is 1. The van der Waals surface area contributed by atoms with Crippen molar-refractivity contribution < 1.29 is 4.79 Å². The Bertz CT molecular complexity index is 439. The maximum absolute atomic E-state index is 10.8. The average Bonchev–Trinajstić information content (AvgIpc) is 2.71. The van der Waals surface area contributed by atoms with Gasteiger partial charge in [-0.15, -0.1) is 23.7 Å². The molecule has 0 spiro atoms. The predicted octanol–water partition coefficient (Wildman–Crippen LogP) is 2.33. The van der Waals surface area contributed by atoms with E-state index in [0.29, 0.717) is 5.56 Å². The van der Waals surface area contributed by atoms with Gasteiger partial charge in [-0.2, -0.15) is 0 Å². The summed E-state index contributed by atoms with van der Waals surface area (Å²) >= 11 is 1.61. The van der Waals surface area contributed by atoms with Gasteiger partial charge in [0.1, 0.15) is 0 Å². The first-order valence-corrected chi connectivity index (χ1v) is 4.95. The largest absolute Gasteiger partial charge is 0.366 e. The Hall–Kier alpha value is -1.39. The van der Waals surface area contributed by atoms with E-state index in [0.717, 1.165) is 10.6 Å². The monoisotopic (exact) mass is 240 g/mol. The van der Waals surface area contributed by atoms with Gasteiger partial charge in [-0.05, 0) is 23.6 Å². The van der Waals surface area contributed by atoms with Crippen LogP contribution in [0.25, 0.3) is 10.6 Å². The van der Waals surface area contributed by atoms with E-state index < -0.39 is 5.91 Å². The van der Waals surface area contributed by atoms with Crippen LogP contribution in [0.1, 0.15) is 10.4 Å². The van der Waals surface area contributed by atoms with Crippen LogP contribution < -0.4 is 5.73 Å². The van der Waals surface area contributed by atoms with Gasteiger partial charge in [0.15, 0.2) is 0 Å². The summed E-state index contributed by atoms with van der Waals surface area (Å²) in [7, 11) is 0. The molecule has 3 nitrogen and oxygen atoms in total. The Labute approximate surface area is 97.4 Å². The van der Waals surface area contributed by atoms with E-state index in [1.54, 1.807) is 23.5 Å². The molecule has 2 aromatic rings. The van der Waals surface area contributed by atoms with Crippen LogP contribution in [-0.2, 0) is 0 Å². The molecule has 0 aliphatic rings. The second-order valence-corrected chi connectivity index (χ2v) is 3.72. The molecule has 2 N–H and O–H groups in total. The van der Waals surface area contributed by atoms with Crippen molar-refractivity contribution in [3.05, 3.63) is 41.4 Å². The number of pyridine rings is 1. The topological polar surface area (TPSA) is 56.0 Å². The fourth-order valence-electron chi connectivity index (χ4n) is 1.11. The van der Waals surface area contributed by atoms with Gasteiger partial charge in [0.05, 0.1) is 16.1 Å². The first-order chi connectivity index (χ1) is 6.77. The molecule has 0 atom stereocenters. The van der Waals surface area contributed by atoms with Crippen molar-refractivity contribution in [3.63, 3.8) is 0 Å². The molecular weight excluding hydrogens is 232 g/mol. The van der Waals surface area contributed by atoms with Crippen molar-refractivity contribution in [2.75, 3.05) is 0 Å². The van der Waals surface area contributed by atoms with E-state index >= 15 is 0 Å². The SMILES string of the molecule is Cl.NC(=O)c1ccc(-c2cccs2)nc1. The highest BCUT2D eigenvalue weighted by atomic mass is 35.5. The van der Waals surface area contributed by atoms with Crippen LogP contribution in [0.5, 0.6) is 0 Å². The fourth-order valence-corrected chi connectivity index (χ4v) is 1.81. The smallest absolute Gasteiger partial charge is 0.250 e. The number of thiophene rings is 1. The number of carbonyl (C=O) groups excluding carboxylic acids is 1. The molecule has 0 fully saturated rings. The van der Waals surface area contributed by atoms with Crippen molar-refractivity contribution in [3.8, 4) is 10.6 Å². The highest BCUT2D eigenvalue weighted by Crippen LogP contribution is 2.22. The molecule has 5 heteroatoms. The van der Waals surface area contributed by atoms with E-state index in [4.69, 9.17) is 5.73 Å². The normalized spacial score (nSPS) is 9.33. The number of nitrogens with zero attached hydrogens (tertiary/aromatic N) is 1. The summed E-state index contributed by atoms with van der Waals surface area (Å²) in [5.41, 5.74) is 6.41. The van der Waals surface area contributed by atoms with Gasteiger partial charge in [-0.3, -0.25) is 9.78 Å². The van der Waals surface area contributed by atoms with Gasteiger partial charge in [0, 0.05) is 6.20 Å². The molecule has 0 aromatic carbocycles. The maximum atomic E-state index is 10.8. The van der Waals surface area contributed by atoms with Gasteiger partial charge in [-0.1, -0.05) is 6.07 Å². The number of primary amides is 1. The molecule has 2 aromatic heterocycles. The zero-order valence-corrected chi connectivity index (χ0v) is 9.35. The van der Waals surface area contributed by atoms with E-state index in [1.165, 1.54) is 6.20 Å². The number of amides is 1. The lowest BCUT2D eigenvalue weighted by molar-refractivity contribution is 0.1000. The summed E-state index contributed by atoms with van der Waals surface area (Å²) in [4.78, 5) is 16.0. The van der Waals surface area contributed by atoms with E-state index in [9.17, 15) is 4.79 Å². The van der Waals surface area contributed by atoms with Crippen LogP contribution >= 0.6 is 23.7 Å². The van der Waals surface area contributed by atoms with Crippen molar-refractivity contribution in [2.24, 2.45) is 5.73 Å². The minimum Gasteiger partial charge on any atom is -0.366 e. The Balaban J connectivity index is 0.00000112. The van der Waals surface area contributed by atoms with Crippen LogP contribution in [0.3, 0.4) is 0 Å².